The van der Waals surface area contributed by atoms with E-state index >= 15 is 0 Å². The van der Waals surface area contributed by atoms with Crippen molar-refractivity contribution in [2.45, 2.75) is 44.8 Å². The Labute approximate surface area is 115 Å². The Morgan fingerprint density at radius 2 is 1.95 bits per heavy atom. The van der Waals surface area contributed by atoms with E-state index < -0.39 is 0 Å². The van der Waals surface area contributed by atoms with Crippen LogP contribution in [0.2, 0.25) is 0 Å². The minimum absolute atomic E-state index is 0.174. The van der Waals surface area contributed by atoms with E-state index in [-0.39, 0.29) is 18.0 Å². The molecule has 3 heteroatoms. The first kappa shape index (κ1) is 14.5. The van der Waals surface area contributed by atoms with Crippen molar-refractivity contribution in [2.24, 2.45) is 5.92 Å². The smallest absolute Gasteiger partial charge is 0.129 e. The maximum absolute atomic E-state index is 13.9. The summed E-state index contributed by atoms with van der Waals surface area (Å²) in [7, 11) is 1.88. The first-order valence-corrected chi connectivity index (χ1v) is 7.25. The highest BCUT2D eigenvalue weighted by atomic mass is 19.1. The van der Waals surface area contributed by atoms with Crippen LogP contribution in [0.15, 0.2) is 24.3 Å². The number of hydrogen-bond acceptors (Lipinski definition) is 2. The van der Waals surface area contributed by atoms with Crippen LogP contribution in [-0.2, 0) is 4.74 Å². The van der Waals surface area contributed by atoms with Gasteiger partial charge in [0, 0.05) is 12.1 Å². The van der Waals surface area contributed by atoms with Gasteiger partial charge in [0.05, 0.1) is 12.2 Å². The number of halogens is 1. The van der Waals surface area contributed by atoms with Crippen LogP contribution in [0, 0.1) is 11.7 Å². The lowest BCUT2D eigenvalue weighted by molar-refractivity contribution is -0.0369. The Hall–Kier alpha value is -0.930. The van der Waals surface area contributed by atoms with Gasteiger partial charge in [-0.2, -0.15) is 0 Å². The SMILES string of the molecule is CNCC(OC1CCC(C)CC1)c1ccccc1F. The number of ether oxygens (including phenoxy) is 1. The van der Waals surface area contributed by atoms with E-state index in [4.69, 9.17) is 4.74 Å². The predicted octanol–water partition coefficient (Wildman–Crippen LogP) is 3.68. The second-order valence-electron chi connectivity index (χ2n) is 5.59. The molecule has 0 amide bonds. The number of likely N-dealkylation sites (N-methyl/N-ethyl adjacent to an activating group) is 1. The third-order valence-electron chi connectivity index (χ3n) is 3.96. The third-order valence-corrected chi connectivity index (χ3v) is 3.96. The molecule has 2 nitrogen and oxygen atoms in total. The molecule has 0 heterocycles. The van der Waals surface area contributed by atoms with Crippen LogP contribution in [0.1, 0.15) is 44.3 Å². The highest BCUT2D eigenvalue weighted by Gasteiger charge is 2.24. The van der Waals surface area contributed by atoms with Crippen molar-refractivity contribution >= 4 is 0 Å². The van der Waals surface area contributed by atoms with E-state index in [1.807, 2.05) is 19.2 Å². The first-order chi connectivity index (χ1) is 9.20. The summed E-state index contributed by atoms with van der Waals surface area (Å²) < 4.78 is 20.0. The Balaban J connectivity index is 2.02. The monoisotopic (exact) mass is 265 g/mol. The zero-order valence-electron chi connectivity index (χ0n) is 11.9. The average molecular weight is 265 g/mol. The van der Waals surface area contributed by atoms with Gasteiger partial charge in [-0.3, -0.25) is 0 Å². The van der Waals surface area contributed by atoms with E-state index in [9.17, 15) is 4.39 Å². The van der Waals surface area contributed by atoms with Crippen molar-refractivity contribution in [2.75, 3.05) is 13.6 Å². The lowest BCUT2D eigenvalue weighted by Gasteiger charge is -2.30. The van der Waals surface area contributed by atoms with Crippen LogP contribution in [0.5, 0.6) is 0 Å². The standard InChI is InChI=1S/C16H24FNO/c1-12-7-9-13(10-8-12)19-16(11-18-2)14-5-3-4-6-15(14)17/h3-6,12-13,16,18H,7-11H2,1-2H3. The van der Waals surface area contributed by atoms with Gasteiger partial charge in [-0.25, -0.2) is 4.39 Å². The Morgan fingerprint density at radius 1 is 1.26 bits per heavy atom. The zero-order chi connectivity index (χ0) is 13.7. The van der Waals surface area contributed by atoms with E-state index in [2.05, 4.69) is 12.2 Å². The second-order valence-corrected chi connectivity index (χ2v) is 5.59. The summed E-state index contributed by atoms with van der Waals surface area (Å²) in [5.41, 5.74) is 0.662. The zero-order valence-corrected chi connectivity index (χ0v) is 11.9. The number of hydrogen-bond donors (Lipinski definition) is 1. The van der Waals surface area contributed by atoms with Crippen molar-refractivity contribution < 1.29 is 9.13 Å². The van der Waals surface area contributed by atoms with Crippen LogP contribution in [-0.4, -0.2) is 19.7 Å². The summed E-state index contributed by atoms with van der Waals surface area (Å²) in [6.07, 6.45) is 4.70. The summed E-state index contributed by atoms with van der Waals surface area (Å²) in [6.45, 7) is 2.94. The summed E-state index contributed by atoms with van der Waals surface area (Å²) in [5, 5.41) is 3.10. The first-order valence-electron chi connectivity index (χ1n) is 7.25. The van der Waals surface area contributed by atoms with Crippen LogP contribution in [0.25, 0.3) is 0 Å². The number of rotatable bonds is 5. The molecule has 1 atom stereocenters. The van der Waals surface area contributed by atoms with Gasteiger partial charge in [0.2, 0.25) is 0 Å². The molecule has 0 saturated heterocycles. The molecule has 1 saturated carbocycles. The van der Waals surface area contributed by atoms with Gasteiger partial charge in [-0.1, -0.05) is 25.1 Å². The molecule has 0 radical (unpaired) electrons. The Bertz CT molecular complexity index is 388. The minimum Gasteiger partial charge on any atom is -0.369 e. The summed E-state index contributed by atoms with van der Waals surface area (Å²) in [5.74, 6) is 0.628. The molecule has 0 aromatic heterocycles. The predicted molar refractivity (Wildman–Crippen MR) is 75.6 cm³/mol. The third kappa shape index (κ3) is 4.02. The second kappa shape index (κ2) is 7.01. The quantitative estimate of drug-likeness (QED) is 0.877. The van der Waals surface area contributed by atoms with E-state index in [1.165, 1.54) is 18.9 Å². The fourth-order valence-corrected chi connectivity index (χ4v) is 2.75. The van der Waals surface area contributed by atoms with Crippen LogP contribution in [0.4, 0.5) is 4.39 Å². The molecule has 1 aromatic carbocycles. The van der Waals surface area contributed by atoms with Crippen molar-refractivity contribution in [3.8, 4) is 0 Å². The van der Waals surface area contributed by atoms with Crippen LogP contribution < -0.4 is 5.32 Å². The molecule has 0 spiro atoms. The van der Waals surface area contributed by atoms with Gasteiger partial charge in [0.1, 0.15) is 5.82 Å². The molecule has 2 rings (SSSR count). The van der Waals surface area contributed by atoms with Gasteiger partial charge in [0.25, 0.3) is 0 Å². The Morgan fingerprint density at radius 3 is 2.58 bits per heavy atom. The van der Waals surface area contributed by atoms with Gasteiger partial charge >= 0.3 is 0 Å². The highest BCUT2D eigenvalue weighted by Crippen LogP contribution is 2.30. The summed E-state index contributed by atoms with van der Waals surface area (Å²) >= 11 is 0. The van der Waals surface area contributed by atoms with Gasteiger partial charge < -0.3 is 10.1 Å². The maximum atomic E-state index is 13.9. The topological polar surface area (TPSA) is 21.3 Å². The number of benzene rings is 1. The van der Waals surface area contributed by atoms with E-state index in [0.717, 1.165) is 18.8 Å². The van der Waals surface area contributed by atoms with Crippen molar-refractivity contribution in [3.05, 3.63) is 35.6 Å². The van der Waals surface area contributed by atoms with Crippen molar-refractivity contribution in [1.82, 2.24) is 5.32 Å². The van der Waals surface area contributed by atoms with Crippen molar-refractivity contribution in [3.63, 3.8) is 0 Å². The fraction of sp³-hybridized carbons (Fsp3) is 0.625. The molecule has 1 N–H and O–H groups in total. The fourth-order valence-electron chi connectivity index (χ4n) is 2.75. The molecule has 1 unspecified atom stereocenters. The summed E-state index contributed by atoms with van der Waals surface area (Å²) in [6, 6.07) is 6.91. The number of nitrogens with one attached hydrogen (secondary N) is 1. The maximum Gasteiger partial charge on any atom is 0.129 e. The van der Waals surface area contributed by atoms with Gasteiger partial charge in [0.15, 0.2) is 0 Å². The average Bonchev–Trinajstić information content (AvgIpc) is 2.41. The van der Waals surface area contributed by atoms with E-state index in [1.54, 1.807) is 6.07 Å². The largest absolute Gasteiger partial charge is 0.369 e. The molecule has 1 aliphatic carbocycles. The van der Waals surface area contributed by atoms with Gasteiger partial charge in [-0.15, -0.1) is 0 Å². The van der Waals surface area contributed by atoms with E-state index in [0.29, 0.717) is 12.1 Å². The highest BCUT2D eigenvalue weighted by molar-refractivity contribution is 5.20. The summed E-state index contributed by atoms with van der Waals surface area (Å²) in [4.78, 5) is 0. The molecule has 0 bridgehead atoms. The molecule has 106 valence electrons. The minimum atomic E-state index is -0.190. The molecule has 1 aromatic rings. The normalized spacial score (nSPS) is 25.2. The molecule has 19 heavy (non-hydrogen) atoms. The lowest BCUT2D eigenvalue weighted by Crippen LogP contribution is -2.28. The molecular formula is C16H24FNO. The molecule has 1 aliphatic rings. The Kier molecular flexibility index (Phi) is 5.34. The molecule has 1 fully saturated rings. The van der Waals surface area contributed by atoms with Crippen molar-refractivity contribution in [1.29, 1.82) is 0 Å². The molecular weight excluding hydrogens is 241 g/mol. The van der Waals surface area contributed by atoms with Crippen LogP contribution in [0.3, 0.4) is 0 Å². The molecule has 0 aliphatic heterocycles. The van der Waals surface area contributed by atoms with Crippen LogP contribution >= 0.6 is 0 Å². The van der Waals surface area contributed by atoms with Gasteiger partial charge in [-0.05, 0) is 44.7 Å². The lowest BCUT2D eigenvalue weighted by atomic mass is 9.89.